The van der Waals surface area contributed by atoms with E-state index < -0.39 is 18.2 Å². The molecule has 1 aromatic carbocycles. The Morgan fingerprint density at radius 1 is 1.44 bits per heavy atom. The van der Waals surface area contributed by atoms with Gasteiger partial charge in [0.2, 0.25) is 0 Å². The zero-order valence-electron chi connectivity index (χ0n) is 10.1. The van der Waals surface area contributed by atoms with Crippen LogP contribution in [0.1, 0.15) is 0 Å². The van der Waals surface area contributed by atoms with Crippen molar-refractivity contribution in [1.29, 1.82) is 0 Å². The number of hydrogen-bond acceptors (Lipinski definition) is 4. The lowest BCUT2D eigenvalue weighted by molar-refractivity contribution is -0.0521. The molecule has 0 aliphatic heterocycles. The zero-order valence-corrected chi connectivity index (χ0v) is 10.9. The molecular weight excluding hydrogens is 265 g/mol. The molecular formula is C11H15F3N2OS. The number of ether oxygens (including phenoxy) is 1. The first-order valence-corrected chi connectivity index (χ1v) is 6.59. The first kappa shape index (κ1) is 14.8. The zero-order chi connectivity index (χ0) is 13.7. The molecule has 1 aromatic rings. The Bertz CT molecular complexity index is 404. The summed E-state index contributed by atoms with van der Waals surface area (Å²) in [6.07, 6.45) is 1.95. The number of nitrogens with two attached hydrogens (primary N) is 1. The van der Waals surface area contributed by atoms with Gasteiger partial charge in [-0.1, -0.05) is 0 Å². The fourth-order valence-corrected chi connectivity index (χ4v) is 1.88. The van der Waals surface area contributed by atoms with Gasteiger partial charge in [0.05, 0.1) is 11.4 Å². The molecule has 0 aliphatic carbocycles. The van der Waals surface area contributed by atoms with Crippen molar-refractivity contribution in [3.8, 4) is 5.75 Å². The van der Waals surface area contributed by atoms with E-state index in [0.29, 0.717) is 12.2 Å². The molecule has 0 saturated heterocycles. The van der Waals surface area contributed by atoms with Gasteiger partial charge in [-0.05, 0) is 6.26 Å². The highest BCUT2D eigenvalue weighted by Crippen LogP contribution is 2.31. The topological polar surface area (TPSA) is 38.5 Å². The molecule has 0 atom stereocenters. The van der Waals surface area contributed by atoms with Crippen molar-refractivity contribution in [1.82, 2.24) is 0 Å². The molecule has 0 fully saturated rings. The predicted octanol–water partition coefficient (Wildman–Crippen LogP) is 2.81. The Morgan fingerprint density at radius 3 is 2.67 bits per heavy atom. The summed E-state index contributed by atoms with van der Waals surface area (Å²) < 4.78 is 41.6. The number of anilines is 2. The third-order valence-electron chi connectivity index (χ3n) is 2.34. The average molecular weight is 280 g/mol. The van der Waals surface area contributed by atoms with Crippen molar-refractivity contribution in [3.05, 3.63) is 17.9 Å². The summed E-state index contributed by atoms with van der Waals surface area (Å²) in [6.45, 7) is -2.39. The van der Waals surface area contributed by atoms with Gasteiger partial charge in [0, 0.05) is 31.5 Å². The normalized spacial score (nSPS) is 10.8. The average Bonchev–Trinajstić information content (AvgIpc) is 2.29. The molecule has 0 radical (unpaired) electrons. The smallest absolute Gasteiger partial charge is 0.387 e. The highest BCUT2D eigenvalue weighted by molar-refractivity contribution is 7.98. The van der Waals surface area contributed by atoms with Crippen LogP contribution in [0.5, 0.6) is 5.75 Å². The lowest BCUT2D eigenvalue weighted by Gasteiger charge is -2.21. The maximum Gasteiger partial charge on any atom is 0.387 e. The van der Waals surface area contributed by atoms with Gasteiger partial charge in [0.25, 0.3) is 0 Å². The van der Waals surface area contributed by atoms with Gasteiger partial charge in [-0.15, -0.1) is 0 Å². The second-order valence-electron chi connectivity index (χ2n) is 3.63. The second-order valence-corrected chi connectivity index (χ2v) is 4.62. The molecule has 3 nitrogen and oxygen atoms in total. The SMILES string of the molecule is CSCCN(C)c1cc(OC(F)F)c(F)cc1N. The minimum absolute atomic E-state index is 0.192. The van der Waals surface area contributed by atoms with Crippen LogP contribution in [0.4, 0.5) is 24.5 Å². The summed E-state index contributed by atoms with van der Waals surface area (Å²) in [7, 11) is 1.76. The molecule has 0 spiro atoms. The Labute approximate surface area is 108 Å². The van der Waals surface area contributed by atoms with E-state index in [1.54, 1.807) is 23.7 Å². The first-order chi connectivity index (χ1) is 8.45. The molecule has 0 aliphatic rings. The third kappa shape index (κ3) is 3.90. The molecule has 0 aromatic heterocycles. The first-order valence-electron chi connectivity index (χ1n) is 5.19. The molecule has 0 heterocycles. The quantitative estimate of drug-likeness (QED) is 0.813. The van der Waals surface area contributed by atoms with Gasteiger partial charge in [0.1, 0.15) is 0 Å². The summed E-state index contributed by atoms with van der Waals surface area (Å²) >= 11 is 1.64. The van der Waals surface area contributed by atoms with Gasteiger partial charge in [0.15, 0.2) is 11.6 Å². The van der Waals surface area contributed by atoms with Crippen LogP contribution in [0.2, 0.25) is 0 Å². The molecule has 7 heteroatoms. The number of nitrogens with zero attached hydrogens (tertiary/aromatic N) is 1. The van der Waals surface area contributed by atoms with Crippen molar-refractivity contribution in [2.45, 2.75) is 6.61 Å². The third-order valence-corrected chi connectivity index (χ3v) is 2.93. The van der Waals surface area contributed by atoms with Crippen LogP contribution >= 0.6 is 11.8 Å². The van der Waals surface area contributed by atoms with E-state index in [1.807, 2.05) is 6.26 Å². The van der Waals surface area contributed by atoms with E-state index in [1.165, 1.54) is 6.07 Å². The van der Waals surface area contributed by atoms with Crippen LogP contribution in [-0.2, 0) is 0 Å². The van der Waals surface area contributed by atoms with Crippen LogP contribution < -0.4 is 15.4 Å². The molecule has 2 N–H and O–H groups in total. The highest BCUT2D eigenvalue weighted by atomic mass is 32.2. The van der Waals surface area contributed by atoms with Crippen LogP contribution in [-0.4, -0.2) is 32.2 Å². The number of alkyl halides is 2. The van der Waals surface area contributed by atoms with Crippen LogP contribution in [0, 0.1) is 5.82 Å². The number of rotatable bonds is 6. The number of benzene rings is 1. The lowest BCUT2D eigenvalue weighted by Crippen LogP contribution is -2.21. The van der Waals surface area contributed by atoms with E-state index >= 15 is 0 Å². The largest absolute Gasteiger partial charge is 0.432 e. The van der Waals surface area contributed by atoms with E-state index in [2.05, 4.69) is 4.74 Å². The van der Waals surface area contributed by atoms with Gasteiger partial charge in [-0.2, -0.15) is 20.5 Å². The minimum atomic E-state index is -3.06. The van der Waals surface area contributed by atoms with Crippen LogP contribution in [0.3, 0.4) is 0 Å². The van der Waals surface area contributed by atoms with Crippen LogP contribution in [0.25, 0.3) is 0 Å². The maximum absolute atomic E-state index is 13.3. The van der Waals surface area contributed by atoms with Crippen molar-refractivity contribution in [2.75, 3.05) is 36.2 Å². The Kier molecular flexibility index (Phi) is 5.46. The van der Waals surface area contributed by atoms with Gasteiger partial charge in [-0.3, -0.25) is 0 Å². The van der Waals surface area contributed by atoms with E-state index in [4.69, 9.17) is 5.73 Å². The fourth-order valence-electron chi connectivity index (χ4n) is 1.42. The summed E-state index contributed by atoms with van der Waals surface area (Å²) in [5, 5.41) is 0. The van der Waals surface area contributed by atoms with Gasteiger partial charge < -0.3 is 15.4 Å². The van der Waals surface area contributed by atoms with Crippen molar-refractivity contribution >= 4 is 23.1 Å². The molecule has 0 amide bonds. The van der Waals surface area contributed by atoms with Crippen molar-refractivity contribution in [3.63, 3.8) is 0 Å². The second kappa shape index (κ2) is 6.63. The summed E-state index contributed by atoms with van der Waals surface area (Å²) in [5.41, 5.74) is 6.33. The fraction of sp³-hybridized carbons (Fsp3) is 0.455. The number of hydrogen-bond donors (Lipinski definition) is 1. The maximum atomic E-state index is 13.3. The number of nitrogen functional groups attached to an aromatic ring is 1. The van der Waals surface area contributed by atoms with Gasteiger partial charge in [-0.25, -0.2) is 4.39 Å². The standard InChI is InChI=1S/C11H15F3N2OS/c1-16(3-4-18-2)9-6-10(17-11(13)14)7(12)5-8(9)15/h5-6,11H,3-4,15H2,1-2H3. The highest BCUT2D eigenvalue weighted by Gasteiger charge is 2.15. The predicted molar refractivity (Wildman–Crippen MR) is 69.1 cm³/mol. The molecule has 18 heavy (non-hydrogen) atoms. The Hall–Kier alpha value is -1.24. The lowest BCUT2D eigenvalue weighted by atomic mass is 10.2. The van der Waals surface area contributed by atoms with Gasteiger partial charge >= 0.3 is 6.61 Å². The number of halogens is 3. The van der Waals surface area contributed by atoms with Crippen molar-refractivity contribution < 1.29 is 17.9 Å². The Balaban J connectivity index is 2.96. The molecule has 102 valence electrons. The van der Waals surface area contributed by atoms with E-state index in [0.717, 1.165) is 11.8 Å². The molecule has 0 saturated carbocycles. The van der Waals surface area contributed by atoms with E-state index in [-0.39, 0.29) is 5.69 Å². The molecule has 0 unspecified atom stereocenters. The summed E-state index contributed by atoms with van der Waals surface area (Å²) in [6, 6.07) is 2.18. The van der Waals surface area contributed by atoms with Crippen LogP contribution in [0.15, 0.2) is 12.1 Å². The minimum Gasteiger partial charge on any atom is -0.432 e. The summed E-state index contributed by atoms with van der Waals surface area (Å²) in [4.78, 5) is 1.77. The molecule has 0 bridgehead atoms. The van der Waals surface area contributed by atoms with Crippen molar-refractivity contribution in [2.24, 2.45) is 0 Å². The molecule has 1 rings (SSSR count). The van der Waals surface area contributed by atoms with E-state index in [9.17, 15) is 13.2 Å². The monoisotopic (exact) mass is 280 g/mol. The number of thioether (sulfide) groups is 1. The summed E-state index contributed by atoms with van der Waals surface area (Å²) in [5.74, 6) is -0.543. The Morgan fingerprint density at radius 2 is 2.11 bits per heavy atom.